The summed E-state index contributed by atoms with van der Waals surface area (Å²) in [6.07, 6.45) is 1.24. The summed E-state index contributed by atoms with van der Waals surface area (Å²) in [4.78, 5) is 0. The summed E-state index contributed by atoms with van der Waals surface area (Å²) in [5, 5.41) is 14.2. The first kappa shape index (κ1) is 15.3. The van der Waals surface area contributed by atoms with Crippen LogP contribution < -0.4 is 15.4 Å². The Kier molecular flexibility index (Phi) is 5.57. The van der Waals surface area contributed by atoms with Crippen molar-refractivity contribution < 1.29 is 9.15 Å². The quantitative estimate of drug-likeness (QED) is 0.728. The van der Waals surface area contributed by atoms with Crippen LogP contribution in [0.2, 0.25) is 0 Å². The maximum atomic E-state index is 5.59. The fourth-order valence-corrected chi connectivity index (χ4v) is 1.76. The second kappa shape index (κ2) is 7.64. The molecule has 0 saturated carbocycles. The highest BCUT2D eigenvalue weighted by molar-refractivity contribution is 5.53. The lowest BCUT2D eigenvalue weighted by molar-refractivity contribution is 0.242. The van der Waals surface area contributed by atoms with Gasteiger partial charge in [0, 0.05) is 5.69 Å². The number of aromatic nitrogens is 2. The summed E-state index contributed by atoms with van der Waals surface area (Å²) in [6.45, 7) is 7.63. The average molecular weight is 290 g/mol. The van der Waals surface area contributed by atoms with Crippen molar-refractivity contribution in [3.63, 3.8) is 0 Å². The molecule has 114 valence electrons. The Balaban J connectivity index is 1.89. The molecule has 6 heteroatoms. The number of ether oxygens (including phenoxy) is 1. The van der Waals surface area contributed by atoms with Crippen LogP contribution in [0.25, 0.3) is 0 Å². The van der Waals surface area contributed by atoms with E-state index in [1.807, 2.05) is 38.1 Å². The van der Waals surface area contributed by atoms with Gasteiger partial charge in [-0.05, 0) is 51.1 Å². The Labute approximate surface area is 124 Å². The van der Waals surface area contributed by atoms with Crippen molar-refractivity contribution >= 4 is 11.7 Å². The second-order valence-corrected chi connectivity index (χ2v) is 4.99. The normalized spacial score (nSPS) is 10.9. The first-order valence-corrected chi connectivity index (χ1v) is 7.24. The lowest BCUT2D eigenvalue weighted by Crippen LogP contribution is -2.13. The van der Waals surface area contributed by atoms with Crippen molar-refractivity contribution in [1.82, 2.24) is 15.5 Å². The number of anilines is 2. The van der Waals surface area contributed by atoms with Crippen molar-refractivity contribution in [2.24, 2.45) is 0 Å². The maximum Gasteiger partial charge on any atom is 0.320 e. The van der Waals surface area contributed by atoms with E-state index < -0.39 is 0 Å². The van der Waals surface area contributed by atoms with Gasteiger partial charge in [-0.3, -0.25) is 0 Å². The van der Waals surface area contributed by atoms with Crippen molar-refractivity contribution in [2.45, 2.75) is 39.8 Å². The molecular weight excluding hydrogens is 268 g/mol. The molecule has 0 atom stereocenters. The van der Waals surface area contributed by atoms with Crippen molar-refractivity contribution in [2.75, 3.05) is 11.9 Å². The van der Waals surface area contributed by atoms with Crippen LogP contribution in [0.5, 0.6) is 5.75 Å². The molecule has 0 aliphatic heterocycles. The Bertz CT molecular complexity index is 537. The molecule has 0 bridgehead atoms. The zero-order chi connectivity index (χ0) is 15.1. The number of benzene rings is 1. The summed E-state index contributed by atoms with van der Waals surface area (Å²) < 4.78 is 11.1. The number of nitrogens with zero attached hydrogens (tertiary/aromatic N) is 2. The van der Waals surface area contributed by atoms with E-state index in [0.717, 1.165) is 24.4 Å². The van der Waals surface area contributed by atoms with Gasteiger partial charge in [-0.25, -0.2) is 0 Å². The highest BCUT2D eigenvalue weighted by atomic mass is 16.5. The van der Waals surface area contributed by atoms with Gasteiger partial charge in [0.25, 0.3) is 0 Å². The van der Waals surface area contributed by atoms with Gasteiger partial charge >= 0.3 is 6.01 Å². The first-order valence-electron chi connectivity index (χ1n) is 7.24. The minimum Gasteiger partial charge on any atom is -0.491 e. The Hall–Kier alpha value is -2.08. The molecule has 0 aliphatic carbocycles. The predicted octanol–water partition coefficient (Wildman–Crippen LogP) is 3.10. The summed E-state index contributed by atoms with van der Waals surface area (Å²) >= 11 is 0. The smallest absolute Gasteiger partial charge is 0.320 e. The van der Waals surface area contributed by atoms with E-state index in [2.05, 4.69) is 27.8 Å². The van der Waals surface area contributed by atoms with E-state index in [1.54, 1.807) is 0 Å². The molecule has 1 aromatic carbocycles. The number of nitrogens with one attached hydrogen (secondary N) is 2. The number of rotatable bonds is 8. The van der Waals surface area contributed by atoms with E-state index in [-0.39, 0.29) is 6.10 Å². The topological polar surface area (TPSA) is 72.2 Å². The van der Waals surface area contributed by atoms with Gasteiger partial charge in [-0.15, -0.1) is 5.10 Å². The molecule has 2 aromatic rings. The molecule has 2 N–H and O–H groups in total. The molecule has 2 rings (SSSR count). The summed E-state index contributed by atoms with van der Waals surface area (Å²) in [5.74, 6) is 1.41. The van der Waals surface area contributed by atoms with Crippen molar-refractivity contribution in [3.05, 3.63) is 30.2 Å². The molecule has 0 fully saturated rings. The van der Waals surface area contributed by atoms with Crippen molar-refractivity contribution in [1.29, 1.82) is 0 Å². The lowest BCUT2D eigenvalue weighted by Gasteiger charge is -2.09. The van der Waals surface area contributed by atoms with Crippen LogP contribution >= 0.6 is 0 Å². The molecule has 6 nitrogen and oxygen atoms in total. The van der Waals surface area contributed by atoms with Crippen LogP contribution in [0.3, 0.4) is 0 Å². The molecule has 0 amide bonds. The van der Waals surface area contributed by atoms with E-state index >= 15 is 0 Å². The van der Waals surface area contributed by atoms with Crippen LogP contribution in [-0.2, 0) is 6.54 Å². The third-order valence-corrected chi connectivity index (χ3v) is 2.65. The minimum atomic E-state index is 0.165. The Morgan fingerprint density at radius 1 is 1.19 bits per heavy atom. The van der Waals surface area contributed by atoms with Crippen LogP contribution in [0.4, 0.5) is 11.7 Å². The monoisotopic (exact) mass is 290 g/mol. The van der Waals surface area contributed by atoms with Gasteiger partial charge in [-0.2, -0.15) is 0 Å². The van der Waals surface area contributed by atoms with Crippen molar-refractivity contribution in [3.8, 4) is 5.75 Å². The fourth-order valence-electron chi connectivity index (χ4n) is 1.76. The fraction of sp³-hybridized carbons (Fsp3) is 0.467. The molecule has 0 aliphatic rings. The summed E-state index contributed by atoms with van der Waals surface area (Å²) in [5.41, 5.74) is 0.878. The summed E-state index contributed by atoms with van der Waals surface area (Å²) in [6, 6.07) is 8.03. The molecular formula is C15H22N4O2. The number of hydrogen-bond acceptors (Lipinski definition) is 6. The van der Waals surface area contributed by atoms with E-state index in [4.69, 9.17) is 9.15 Å². The molecule has 1 aromatic heterocycles. The predicted molar refractivity (Wildman–Crippen MR) is 81.8 cm³/mol. The van der Waals surface area contributed by atoms with E-state index in [0.29, 0.717) is 18.5 Å². The Morgan fingerprint density at radius 3 is 2.62 bits per heavy atom. The first-order chi connectivity index (χ1) is 10.2. The molecule has 21 heavy (non-hydrogen) atoms. The zero-order valence-electron chi connectivity index (χ0n) is 12.7. The van der Waals surface area contributed by atoms with Crippen LogP contribution in [-0.4, -0.2) is 22.8 Å². The molecule has 0 unspecified atom stereocenters. The van der Waals surface area contributed by atoms with Gasteiger partial charge in [0.1, 0.15) is 5.75 Å². The largest absolute Gasteiger partial charge is 0.491 e. The summed E-state index contributed by atoms with van der Waals surface area (Å²) in [7, 11) is 0. The molecule has 0 saturated heterocycles. The van der Waals surface area contributed by atoms with E-state index in [1.165, 1.54) is 0 Å². The highest BCUT2D eigenvalue weighted by Crippen LogP contribution is 2.20. The van der Waals surface area contributed by atoms with Crippen LogP contribution in [0.1, 0.15) is 33.1 Å². The minimum absolute atomic E-state index is 0.165. The van der Waals surface area contributed by atoms with Crippen LogP contribution in [0, 0.1) is 0 Å². The Morgan fingerprint density at radius 2 is 1.95 bits per heavy atom. The van der Waals surface area contributed by atoms with Gasteiger partial charge in [0.2, 0.25) is 5.89 Å². The zero-order valence-corrected chi connectivity index (χ0v) is 12.7. The van der Waals surface area contributed by atoms with Crippen LogP contribution in [0.15, 0.2) is 28.7 Å². The molecule has 1 heterocycles. The number of hydrogen-bond donors (Lipinski definition) is 2. The third kappa shape index (κ3) is 5.07. The molecule has 0 spiro atoms. The average Bonchev–Trinajstić information content (AvgIpc) is 2.88. The van der Waals surface area contributed by atoms with Gasteiger partial charge in [-0.1, -0.05) is 12.0 Å². The van der Waals surface area contributed by atoms with E-state index in [9.17, 15) is 0 Å². The third-order valence-electron chi connectivity index (χ3n) is 2.65. The van der Waals surface area contributed by atoms with Gasteiger partial charge in [0.05, 0.1) is 12.6 Å². The maximum absolute atomic E-state index is 5.59. The lowest BCUT2D eigenvalue weighted by atomic mass is 10.3. The second-order valence-electron chi connectivity index (χ2n) is 4.99. The van der Waals surface area contributed by atoms with Gasteiger partial charge < -0.3 is 19.8 Å². The standard InChI is InChI=1S/C15H22N4O2/c1-4-9-16-10-14-18-19-15(21-14)17-12-5-7-13(8-6-12)20-11(2)3/h5-8,11,16H,4,9-10H2,1-3H3,(H,17,19). The highest BCUT2D eigenvalue weighted by Gasteiger charge is 2.06. The SMILES string of the molecule is CCCNCc1nnc(Nc2ccc(OC(C)C)cc2)o1. The van der Waals surface area contributed by atoms with Gasteiger partial charge in [0.15, 0.2) is 0 Å². The molecule has 0 radical (unpaired) electrons.